The van der Waals surface area contributed by atoms with E-state index in [1.807, 2.05) is 20.0 Å². The zero-order chi connectivity index (χ0) is 29.7. The third-order valence-corrected chi connectivity index (χ3v) is 8.41. The van der Waals surface area contributed by atoms with Crippen LogP contribution in [0, 0.1) is 5.41 Å². The number of carbonyl (C=O) groups excluding carboxylic acids is 1. The van der Waals surface area contributed by atoms with Crippen LogP contribution in [0.1, 0.15) is 75.1 Å². The molecule has 7 nitrogen and oxygen atoms in total. The van der Waals surface area contributed by atoms with Crippen LogP contribution < -0.4 is 5.32 Å². The van der Waals surface area contributed by atoms with E-state index in [9.17, 15) is 13.6 Å². The van der Waals surface area contributed by atoms with Crippen molar-refractivity contribution in [3.05, 3.63) is 52.9 Å². The lowest BCUT2D eigenvalue weighted by Gasteiger charge is -2.32. The summed E-state index contributed by atoms with van der Waals surface area (Å²) in [5, 5.41) is 12.7. The molecule has 41 heavy (non-hydrogen) atoms. The fraction of sp³-hybridized carbons (Fsp3) is 0.562. The number of nitrogens with one attached hydrogen (secondary N) is 3. The minimum Gasteiger partial charge on any atom is -0.495 e. The van der Waals surface area contributed by atoms with Crippen molar-refractivity contribution in [2.24, 2.45) is 0 Å². The van der Waals surface area contributed by atoms with Crippen LogP contribution in [0.15, 0.2) is 36.1 Å². The number of carbonyl (C=O) groups is 1. The first-order chi connectivity index (χ1) is 19.6. The first kappa shape index (κ1) is 30.9. The molecule has 0 aliphatic carbocycles. The molecular formula is C32H45F2N5O2. The summed E-state index contributed by atoms with van der Waals surface area (Å²) in [4.78, 5) is 19.6. The molecule has 2 aromatic rings. The molecule has 1 amide bonds. The molecule has 224 valence electrons. The number of nitrogens with zero attached hydrogens (tertiary/aromatic N) is 2. The van der Waals surface area contributed by atoms with Gasteiger partial charge in [-0.1, -0.05) is 26.0 Å². The second-order valence-electron chi connectivity index (χ2n) is 11.6. The number of benzene rings is 1. The molecule has 0 atom stereocenters. The number of aromatic nitrogens is 1. The van der Waals surface area contributed by atoms with Crippen LogP contribution in [0.4, 0.5) is 8.78 Å². The van der Waals surface area contributed by atoms with E-state index in [2.05, 4.69) is 53.3 Å². The van der Waals surface area contributed by atoms with Crippen LogP contribution in [0.3, 0.4) is 0 Å². The number of halogens is 2. The number of rotatable bonds is 11. The number of piperidine rings is 1. The smallest absolute Gasteiger partial charge is 0.267 e. The molecule has 2 saturated heterocycles. The van der Waals surface area contributed by atoms with E-state index in [1.54, 1.807) is 7.11 Å². The number of H-pyrrole nitrogens is 1. The highest BCUT2D eigenvalue weighted by molar-refractivity contribution is 5.99. The number of likely N-dealkylation sites (tertiary alicyclic amines) is 2. The number of hydrogen-bond acceptors (Lipinski definition) is 5. The molecule has 0 radical (unpaired) electrons. The summed E-state index contributed by atoms with van der Waals surface area (Å²) < 4.78 is 32.7. The van der Waals surface area contributed by atoms with Crippen molar-refractivity contribution in [2.45, 2.75) is 64.2 Å². The molecule has 0 saturated carbocycles. The van der Waals surface area contributed by atoms with Gasteiger partial charge >= 0.3 is 0 Å². The van der Waals surface area contributed by atoms with Gasteiger partial charge in [0.25, 0.3) is 5.92 Å². The van der Waals surface area contributed by atoms with E-state index in [4.69, 9.17) is 10.1 Å². The van der Waals surface area contributed by atoms with Crippen LogP contribution >= 0.6 is 0 Å². The highest BCUT2D eigenvalue weighted by Crippen LogP contribution is 2.37. The molecule has 0 spiro atoms. The van der Waals surface area contributed by atoms with E-state index in [0.717, 1.165) is 42.7 Å². The third kappa shape index (κ3) is 7.25. The summed E-state index contributed by atoms with van der Waals surface area (Å²) in [5.41, 5.74) is 6.11. The van der Waals surface area contributed by atoms with Gasteiger partial charge < -0.3 is 25.3 Å². The molecule has 2 aliphatic heterocycles. The number of hydrogen-bond donors (Lipinski definition) is 3. The lowest BCUT2D eigenvalue weighted by atomic mass is 9.87. The molecule has 3 heterocycles. The van der Waals surface area contributed by atoms with E-state index < -0.39 is 12.5 Å². The lowest BCUT2D eigenvalue weighted by molar-refractivity contribution is -0.133. The number of alkyl halides is 2. The minimum atomic E-state index is -2.75. The number of aromatic amines is 1. The van der Waals surface area contributed by atoms with Crippen LogP contribution in [0.25, 0.3) is 16.5 Å². The predicted molar refractivity (Wildman–Crippen MR) is 162 cm³/mol. The highest BCUT2D eigenvalue weighted by atomic mass is 19.3. The van der Waals surface area contributed by atoms with E-state index in [1.165, 1.54) is 21.4 Å². The van der Waals surface area contributed by atoms with Crippen LogP contribution in [0.2, 0.25) is 0 Å². The van der Waals surface area contributed by atoms with Gasteiger partial charge in [0, 0.05) is 42.5 Å². The maximum Gasteiger partial charge on any atom is 0.267 e. The van der Waals surface area contributed by atoms with Crippen molar-refractivity contribution in [3.63, 3.8) is 0 Å². The average Bonchev–Trinajstić information content (AvgIpc) is 3.52. The number of fused-ring (bicyclic) bond motifs is 1. The first-order valence-corrected chi connectivity index (χ1v) is 14.7. The summed E-state index contributed by atoms with van der Waals surface area (Å²) in [6.45, 7) is 8.60. The van der Waals surface area contributed by atoms with Crippen molar-refractivity contribution < 1.29 is 18.3 Å². The molecule has 2 fully saturated rings. The highest BCUT2D eigenvalue weighted by Gasteiger charge is 2.40. The zero-order valence-electron chi connectivity index (χ0n) is 25.1. The summed E-state index contributed by atoms with van der Waals surface area (Å²) >= 11 is 0. The quantitative estimate of drug-likeness (QED) is 0.179. The SMILES string of the molecule is C/C=C(\C=C(\OC)C(=N)CCNC)c1[nH]c2ccc(C3CCN(CC(=O)N4CCC(F)(F)C4)CC3)cc2c1C(C)C. The minimum absolute atomic E-state index is 0.148. The lowest BCUT2D eigenvalue weighted by Crippen LogP contribution is -2.43. The van der Waals surface area contributed by atoms with Gasteiger partial charge in [-0.25, -0.2) is 8.78 Å². The maximum absolute atomic E-state index is 13.5. The van der Waals surface area contributed by atoms with Gasteiger partial charge in [-0.15, -0.1) is 0 Å². The molecule has 2 aliphatic rings. The number of methoxy groups -OCH3 is 1. The monoisotopic (exact) mass is 569 g/mol. The molecule has 0 bridgehead atoms. The zero-order valence-corrected chi connectivity index (χ0v) is 25.1. The van der Waals surface area contributed by atoms with Gasteiger partial charge in [0.05, 0.1) is 25.9 Å². The second kappa shape index (κ2) is 13.3. The number of allylic oxidation sites excluding steroid dienone is 4. The Labute approximate surface area is 242 Å². The normalized spacial score (nSPS) is 19.0. The van der Waals surface area contributed by atoms with Crippen molar-refractivity contribution >= 4 is 28.1 Å². The van der Waals surface area contributed by atoms with E-state index in [0.29, 0.717) is 30.4 Å². The van der Waals surface area contributed by atoms with Gasteiger partial charge in [0.2, 0.25) is 5.91 Å². The molecule has 4 rings (SSSR count). The van der Waals surface area contributed by atoms with Gasteiger partial charge in [-0.05, 0) is 86.6 Å². The maximum atomic E-state index is 13.5. The molecule has 1 aromatic heterocycles. The Morgan fingerprint density at radius 3 is 2.59 bits per heavy atom. The van der Waals surface area contributed by atoms with Gasteiger partial charge in [-0.2, -0.15) is 0 Å². The fourth-order valence-electron chi connectivity index (χ4n) is 6.06. The van der Waals surface area contributed by atoms with Crippen molar-refractivity contribution in [2.75, 3.05) is 53.4 Å². The van der Waals surface area contributed by atoms with E-state index in [-0.39, 0.29) is 31.3 Å². The standard InChI is InChI=1S/C32H45F2N5O2/c1-6-22(18-28(41-5)26(35)9-13-36-4)31-30(21(2)3)25-17-24(7-8-27(25)37-31)23-10-14-38(15-11-23)19-29(40)39-16-12-32(33,34)20-39/h6-8,17-18,21,23,35-37H,9-16,19-20H2,1-5H3/b22-6+,28-18+,35-26?. The summed E-state index contributed by atoms with van der Waals surface area (Å²) in [6, 6.07) is 6.67. The Morgan fingerprint density at radius 2 is 2.00 bits per heavy atom. The topological polar surface area (TPSA) is 84.5 Å². The van der Waals surface area contributed by atoms with Gasteiger partial charge in [0.1, 0.15) is 5.76 Å². The van der Waals surface area contributed by atoms with Gasteiger partial charge in [-0.3, -0.25) is 9.69 Å². The molecule has 9 heteroatoms. The summed E-state index contributed by atoms with van der Waals surface area (Å²) in [5.74, 6) is -1.72. The fourth-order valence-corrected chi connectivity index (χ4v) is 6.06. The second-order valence-corrected chi connectivity index (χ2v) is 11.6. The Morgan fingerprint density at radius 1 is 1.27 bits per heavy atom. The summed E-state index contributed by atoms with van der Waals surface area (Å²) in [6.07, 6.45) is 6.22. The van der Waals surface area contributed by atoms with Crippen molar-refractivity contribution in [3.8, 4) is 0 Å². The Bertz CT molecular complexity index is 1300. The largest absolute Gasteiger partial charge is 0.495 e. The molecule has 3 N–H and O–H groups in total. The third-order valence-electron chi connectivity index (χ3n) is 8.41. The van der Waals surface area contributed by atoms with Gasteiger partial charge in [0.15, 0.2) is 0 Å². The Balaban J connectivity index is 1.50. The number of amides is 1. The van der Waals surface area contributed by atoms with Crippen molar-refractivity contribution in [1.82, 2.24) is 20.1 Å². The van der Waals surface area contributed by atoms with E-state index >= 15 is 0 Å². The molecule has 1 aromatic carbocycles. The number of ether oxygens (including phenoxy) is 1. The van der Waals surface area contributed by atoms with Crippen LogP contribution in [-0.2, 0) is 9.53 Å². The van der Waals surface area contributed by atoms with Crippen molar-refractivity contribution in [1.29, 1.82) is 5.41 Å². The summed E-state index contributed by atoms with van der Waals surface area (Å²) in [7, 11) is 3.49. The predicted octanol–water partition coefficient (Wildman–Crippen LogP) is 5.90. The first-order valence-electron chi connectivity index (χ1n) is 14.7. The van der Waals surface area contributed by atoms with Crippen LogP contribution in [0.5, 0.6) is 0 Å². The Hall–Kier alpha value is -3.04. The average molecular weight is 570 g/mol. The van der Waals surface area contributed by atoms with Crippen LogP contribution in [-0.4, -0.2) is 85.8 Å². The molecule has 0 unspecified atom stereocenters. The molecular weight excluding hydrogens is 524 g/mol. The Kier molecular flexibility index (Phi) is 10.0.